The Morgan fingerprint density at radius 1 is 1.29 bits per heavy atom. The van der Waals surface area contributed by atoms with Gasteiger partial charge in [-0.25, -0.2) is 0 Å². The van der Waals surface area contributed by atoms with Gasteiger partial charge in [0.05, 0.1) is 12.1 Å². The number of carboxylic acid groups (broad SMARTS) is 1. The maximum absolute atomic E-state index is 12.3. The van der Waals surface area contributed by atoms with E-state index in [9.17, 15) is 9.59 Å². The van der Waals surface area contributed by atoms with Gasteiger partial charge >= 0.3 is 5.97 Å². The lowest BCUT2D eigenvalue weighted by atomic mass is 10.1. The Labute approximate surface area is 123 Å². The molecule has 1 aromatic rings. The molecule has 1 aliphatic heterocycles. The smallest absolute Gasteiger partial charge is 0.320 e. The summed E-state index contributed by atoms with van der Waals surface area (Å²) in [5.74, 6) is -0.746. The first kappa shape index (κ1) is 15.5. The van der Waals surface area contributed by atoms with Crippen LogP contribution in [0, 0.1) is 13.8 Å². The van der Waals surface area contributed by atoms with Crippen LogP contribution in [0.2, 0.25) is 0 Å². The number of aromatic nitrogens is 2. The lowest BCUT2D eigenvalue weighted by molar-refractivity contribution is -0.144. The number of amides is 1. The van der Waals surface area contributed by atoms with Crippen molar-refractivity contribution in [3.8, 4) is 0 Å². The van der Waals surface area contributed by atoms with Gasteiger partial charge in [-0.3, -0.25) is 19.6 Å². The summed E-state index contributed by atoms with van der Waals surface area (Å²) < 4.78 is 0. The third-order valence-electron chi connectivity index (χ3n) is 4.18. The average Bonchev–Trinajstić information content (AvgIpc) is 2.78. The number of hydrogen-bond donors (Lipinski definition) is 2. The van der Waals surface area contributed by atoms with Crippen molar-refractivity contribution in [3.05, 3.63) is 17.0 Å². The van der Waals surface area contributed by atoms with Crippen molar-refractivity contribution in [3.63, 3.8) is 0 Å². The molecule has 0 aromatic carbocycles. The molecule has 2 N–H and O–H groups in total. The van der Waals surface area contributed by atoms with Crippen molar-refractivity contribution in [1.29, 1.82) is 0 Å². The second-order valence-corrected chi connectivity index (χ2v) is 5.52. The molecule has 0 bridgehead atoms. The number of rotatable bonds is 4. The molecule has 1 aliphatic rings. The van der Waals surface area contributed by atoms with Crippen molar-refractivity contribution >= 4 is 11.9 Å². The van der Waals surface area contributed by atoms with Gasteiger partial charge in [0.15, 0.2) is 0 Å². The first-order valence-corrected chi connectivity index (χ1v) is 7.15. The molecule has 1 amide bonds. The molecule has 1 aromatic heterocycles. The maximum Gasteiger partial charge on any atom is 0.320 e. The van der Waals surface area contributed by atoms with E-state index in [0.29, 0.717) is 32.6 Å². The minimum absolute atomic E-state index is 0.0743. The fourth-order valence-electron chi connectivity index (χ4n) is 2.61. The molecule has 0 saturated carbocycles. The molecule has 7 nitrogen and oxygen atoms in total. The van der Waals surface area contributed by atoms with Gasteiger partial charge in [-0.1, -0.05) is 0 Å². The van der Waals surface area contributed by atoms with E-state index in [1.807, 2.05) is 18.7 Å². The number of aromatic amines is 1. The van der Waals surface area contributed by atoms with Crippen LogP contribution < -0.4 is 0 Å². The molecule has 1 unspecified atom stereocenters. The number of aryl methyl sites for hydroxylation is 2. The Morgan fingerprint density at radius 3 is 2.38 bits per heavy atom. The molecular weight excluding hydrogens is 272 g/mol. The minimum atomic E-state index is -0.820. The predicted octanol–water partition coefficient (Wildman–Crippen LogP) is 0.186. The van der Waals surface area contributed by atoms with E-state index in [0.717, 1.165) is 17.0 Å². The van der Waals surface area contributed by atoms with Crippen molar-refractivity contribution in [2.45, 2.75) is 33.2 Å². The molecule has 116 valence electrons. The zero-order valence-electron chi connectivity index (χ0n) is 12.7. The first-order chi connectivity index (χ1) is 9.90. The lowest BCUT2D eigenvalue weighted by Crippen LogP contribution is -2.53. The Kier molecular flexibility index (Phi) is 4.62. The van der Waals surface area contributed by atoms with E-state index in [4.69, 9.17) is 5.11 Å². The summed E-state index contributed by atoms with van der Waals surface area (Å²) in [7, 11) is 0. The number of carbonyl (C=O) groups excluding carboxylic acids is 1. The van der Waals surface area contributed by atoms with Gasteiger partial charge in [-0.05, 0) is 20.8 Å². The van der Waals surface area contributed by atoms with Gasteiger partial charge < -0.3 is 10.0 Å². The highest BCUT2D eigenvalue weighted by Gasteiger charge is 2.27. The van der Waals surface area contributed by atoms with E-state index >= 15 is 0 Å². The summed E-state index contributed by atoms with van der Waals surface area (Å²) >= 11 is 0. The zero-order chi connectivity index (χ0) is 15.6. The average molecular weight is 294 g/mol. The summed E-state index contributed by atoms with van der Waals surface area (Å²) in [4.78, 5) is 27.0. The highest BCUT2D eigenvalue weighted by Crippen LogP contribution is 2.13. The Hall–Kier alpha value is -1.89. The summed E-state index contributed by atoms with van der Waals surface area (Å²) in [5, 5.41) is 16.0. The lowest BCUT2D eigenvalue weighted by Gasteiger charge is -2.36. The number of carbonyl (C=O) groups is 2. The summed E-state index contributed by atoms with van der Waals surface area (Å²) in [5.41, 5.74) is 2.75. The molecule has 0 aliphatic carbocycles. The maximum atomic E-state index is 12.3. The molecule has 2 heterocycles. The van der Waals surface area contributed by atoms with Crippen LogP contribution in [0.1, 0.15) is 23.9 Å². The summed E-state index contributed by atoms with van der Waals surface area (Å²) in [6, 6.07) is -0.499. The largest absolute Gasteiger partial charge is 0.480 e. The van der Waals surface area contributed by atoms with Crippen molar-refractivity contribution in [2.24, 2.45) is 0 Å². The SMILES string of the molecule is Cc1n[nH]c(C)c1CC(=O)N1CCN(C(C)C(=O)O)CC1. The van der Waals surface area contributed by atoms with Crippen molar-refractivity contribution in [1.82, 2.24) is 20.0 Å². The molecule has 1 saturated heterocycles. The molecule has 1 fully saturated rings. The van der Waals surface area contributed by atoms with Gasteiger partial charge in [0.2, 0.25) is 5.91 Å². The summed E-state index contributed by atoms with van der Waals surface area (Å²) in [6.45, 7) is 7.83. The van der Waals surface area contributed by atoms with Crippen LogP contribution in [0.3, 0.4) is 0 Å². The molecule has 21 heavy (non-hydrogen) atoms. The van der Waals surface area contributed by atoms with Crippen LogP contribution in [0.15, 0.2) is 0 Å². The number of H-pyrrole nitrogens is 1. The zero-order valence-corrected chi connectivity index (χ0v) is 12.7. The number of aliphatic carboxylic acids is 1. The number of carboxylic acids is 1. The van der Waals surface area contributed by atoms with E-state index in [-0.39, 0.29) is 5.91 Å². The Bertz CT molecular complexity index is 513. The van der Waals surface area contributed by atoms with Gasteiger partial charge in [0, 0.05) is 37.4 Å². The topological polar surface area (TPSA) is 89.5 Å². The van der Waals surface area contributed by atoms with Gasteiger partial charge in [-0.2, -0.15) is 5.10 Å². The number of nitrogens with zero attached hydrogens (tertiary/aromatic N) is 3. The van der Waals surface area contributed by atoms with Gasteiger partial charge in [0.1, 0.15) is 6.04 Å². The quantitative estimate of drug-likeness (QED) is 0.827. The normalized spacial score (nSPS) is 17.8. The summed E-state index contributed by atoms with van der Waals surface area (Å²) in [6.07, 6.45) is 0.350. The fourth-order valence-corrected chi connectivity index (χ4v) is 2.61. The van der Waals surface area contributed by atoms with Crippen LogP contribution in [0.25, 0.3) is 0 Å². The molecule has 7 heteroatoms. The Morgan fingerprint density at radius 2 is 1.90 bits per heavy atom. The predicted molar refractivity (Wildman–Crippen MR) is 77.0 cm³/mol. The van der Waals surface area contributed by atoms with Crippen molar-refractivity contribution in [2.75, 3.05) is 26.2 Å². The van der Waals surface area contributed by atoms with E-state index in [1.54, 1.807) is 11.8 Å². The second-order valence-electron chi connectivity index (χ2n) is 5.52. The minimum Gasteiger partial charge on any atom is -0.480 e. The molecule has 1 atom stereocenters. The van der Waals surface area contributed by atoms with Gasteiger partial charge in [-0.15, -0.1) is 0 Å². The van der Waals surface area contributed by atoms with Crippen LogP contribution in [-0.2, 0) is 16.0 Å². The van der Waals surface area contributed by atoms with E-state index in [2.05, 4.69) is 10.2 Å². The number of hydrogen-bond acceptors (Lipinski definition) is 4. The standard InChI is InChI=1S/C14H22N4O3/c1-9-12(10(2)16-15-9)8-13(19)18-6-4-17(5-7-18)11(3)14(20)21/h11H,4-8H2,1-3H3,(H,15,16)(H,20,21). The second kappa shape index (κ2) is 6.26. The molecular formula is C14H22N4O3. The fraction of sp³-hybridized carbons (Fsp3) is 0.643. The number of nitrogens with one attached hydrogen (secondary N) is 1. The molecule has 0 spiro atoms. The van der Waals surface area contributed by atoms with E-state index < -0.39 is 12.0 Å². The number of piperazine rings is 1. The van der Waals surface area contributed by atoms with Crippen LogP contribution in [0.5, 0.6) is 0 Å². The molecule has 2 rings (SSSR count). The first-order valence-electron chi connectivity index (χ1n) is 7.15. The van der Waals surface area contributed by atoms with Gasteiger partial charge in [0.25, 0.3) is 0 Å². The highest BCUT2D eigenvalue weighted by atomic mass is 16.4. The van der Waals surface area contributed by atoms with Crippen LogP contribution in [0.4, 0.5) is 0 Å². The van der Waals surface area contributed by atoms with E-state index in [1.165, 1.54) is 0 Å². The van der Waals surface area contributed by atoms with Crippen LogP contribution >= 0.6 is 0 Å². The third kappa shape index (κ3) is 3.41. The highest BCUT2D eigenvalue weighted by molar-refractivity contribution is 5.79. The monoisotopic (exact) mass is 294 g/mol. The van der Waals surface area contributed by atoms with Crippen molar-refractivity contribution < 1.29 is 14.7 Å². The molecule has 0 radical (unpaired) electrons. The third-order valence-corrected chi connectivity index (χ3v) is 4.18. The van der Waals surface area contributed by atoms with Crippen LogP contribution in [-0.4, -0.2) is 69.2 Å². The Balaban J connectivity index is 1.90.